The third-order valence-corrected chi connectivity index (χ3v) is 4.06. The molecule has 0 atom stereocenters. The van der Waals surface area contributed by atoms with Gasteiger partial charge in [0.05, 0.1) is 16.8 Å². The van der Waals surface area contributed by atoms with Crippen LogP contribution in [0.4, 0.5) is 10.2 Å². The highest BCUT2D eigenvalue weighted by atomic mass is 19.1. The highest BCUT2D eigenvalue weighted by Gasteiger charge is 2.33. The van der Waals surface area contributed by atoms with E-state index in [9.17, 15) is 23.6 Å². The molecule has 2 aromatic rings. The minimum absolute atomic E-state index is 0.0563. The molecule has 3 heterocycles. The fraction of sp³-hybridized carbons (Fsp3) is 0.0667. The molecule has 0 bridgehead atoms. The molecule has 2 aliphatic heterocycles. The largest absolute Gasteiger partial charge is 0.384 e. The number of carbonyl (C=O) groups is 3. The van der Waals surface area contributed by atoms with Gasteiger partial charge >= 0.3 is 0 Å². The van der Waals surface area contributed by atoms with Gasteiger partial charge in [0.25, 0.3) is 23.3 Å². The number of halogens is 1. The summed E-state index contributed by atoms with van der Waals surface area (Å²) in [6.07, 6.45) is 0. The Bertz CT molecular complexity index is 1040. The third kappa shape index (κ3) is 1.72. The van der Waals surface area contributed by atoms with Crippen LogP contribution in [0.5, 0.6) is 0 Å². The number of carbonyl (C=O) groups excluding carboxylic acids is 3. The van der Waals surface area contributed by atoms with E-state index >= 15 is 0 Å². The third-order valence-electron chi connectivity index (χ3n) is 4.06. The van der Waals surface area contributed by atoms with Crippen LogP contribution in [-0.2, 0) is 6.54 Å². The van der Waals surface area contributed by atoms with Crippen molar-refractivity contribution in [1.82, 2.24) is 15.2 Å². The van der Waals surface area contributed by atoms with Crippen LogP contribution in [0.15, 0.2) is 23.0 Å². The molecule has 0 radical (unpaired) electrons. The van der Waals surface area contributed by atoms with Gasteiger partial charge < -0.3 is 11.1 Å². The summed E-state index contributed by atoms with van der Waals surface area (Å²) in [6, 6.07) is 3.08. The number of fused-ring (bicyclic) bond motifs is 2. The second-order valence-corrected chi connectivity index (χ2v) is 5.41. The number of aromatic nitrogens is 1. The number of amides is 3. The SMILES string of the molecule is Nc1c2c(cc(=O)n1-c1cc(F)cc3c1CNC3=O)C(=O)NC2=O. The van der Waals surface area contributed by atoms with Crippen molar-refractivity contribution in [2.75, 3.05) is 5.73 Å². The van der Waals surface area contributed by atoms with E-state index in [1.165, 1.54) is 0 Å². The lowest BCUT2D eigenvalue weighted by atomic mass is 10.1. The van der Waals surface area contributed by atoms with Gasteiger partial charge in [-0.3, -0.25) is 29.1 Å². The molecule has 0 unspecified atom stereocenters. The van der Waals surface area contributed by atoms with Crippen LogP contribution in [0, 0.1) is 5.82 Å². The second kappa shape index (κ2) is 4.51. The average Bonchev–Trinajstić information content (AvgIpc) is 3.00. The van der Waals surface area contributed by atoms with Gasteiger partial charge in [0.15, 0.2) is 0 Å². The highest BCUT2D eigenvalue weighted by Crippen LogP contribution is 2.28. The molecule has 0 fully saturated rings. The van der Waals surface area contributed by atoms with Crippen molar-refractivity contribution in [3.63, 3.8) is 0 Å². The predicted octanol–water partition coefficient (Wildman–Crippen LogP) is -0.314. The normalized spacial score (nSPS) is 15.1. The Balaban J connectivity index is 2.08. The number of hydrogen-bond acceptors (Lipinski definition) is 5. The van der Waals surface area contributed by atoms with Crippen LogP contribution in [-0.4, -0.2) is 22.3 Å². The summed E-state index contributed by atoms with van der Waals surface area (Å²) < 4.78 is 14.8. The van der Waals surface area contributed by atoms with Gasteiger partial charge in [0.1, 0.15) is 11.6 Å². The highest BCUT2D eigenvalue weighted by molar-refractivity contribution is 6.23. The van der Waals surface area contributed by atoms with Crippen molar-refractivity contribution in [1.29, 1.82) is 0 Å². The van der Waals surface area contributed by atoms with Gasteiger partial charge in [0, 0.05) is 23.7 Å². The average molecular weight is 328 g/mol. The zero-order valence-electron chi connectivity index (χ0n) is 12.0. The van der Waals surface area contributed by atoms with E-state index in [0.717, 1.165) is 22.8 Å². The molecule has 120 valence electrons. The van der Waals surface area contributed by atoms with Gasteiger partial charge in [-0.25, -0.2) is 4.39 Å². The summed E-state index contributed by atoms with van der Waals surface area (Å²) in [7, 11) is 0. The van der Waals surface area contributed by atoms with Gasteiger partial charge in [0.2, 0.25) is 0 Å². The number of hydrogen-bond donors (Lipinski definition) is 3. The van der Waals surface area contributed by atoms with E-state index in [-0.39, 0.29) is 34.7 Å². The molecular weight excluding hydrogens is 319 g/mol. The lowest BCUT2D eigenvalue weighted by molar-refractivity contribution is 0.0878. The first kappa shape index (κ1) is 14.1. The maximum atomic E-state index is 13.9. The van der Waals surface area contributed by atoms with Gasteiger partial charge in [-0.2, -0.15) is 0 Å². The van der Waals surface area contributed by atoms with Crippen LogP contribution in [0.3, 0.4) is 0 Å². The van der Waals surface area contributed by atoms with Crippen molar-refractivity contribution in [3.05, 3.63) is 56.6 Å². The molecule has 1 aromatic heterocycles. The Morgan fingerprint density at radius 1 is 1.00 bits per heavy atom. The van der Waals surface area contributed by atoms with E-state index < -0.39 is 29.1 Å². The molecule has 24 heavy (non-hydrogen) atoms. The quantitative estimate of drug-likeness (QED) is 0.619. The molecule has 2 aliphatic rings. The zero-order chi connectivity index (χ0) is 17.2. The van der Waals surface area contributed by atoms with Crippen molar-refractivity contribution >= 4 is 23.5 Å². The van der Waals surface area contributed by atoms with Crippen LogP contribution in [0.2, 0.25) is 0 Å². The summed E-state index contributed by atoms with van der Waals surface area (Å²) in [4.78, 5) is 47.7. The van der Waals surface area contributed by atoms with Crippen molar-refractivity contribution in [2.24, 2.45) is 0 Å². The van der Waals surface area contributed by atoms with Crippen molar-refractivity contribution in [2.45, 2.75) is 6.54 Å². The number of anilines is 1. The molecule has 0 saturated heterocycles. The fourth-order valence-corrected chi connectivity index (χ4v) is 3.00. The minimum Gasteiger partial charge on any atom is -0.384 e. The summed E-state index contributed by atoms with van der Waals surface area (Å²) in [5, 5.41) is 4.58. The molecule has 0 saturated carbocycles. The second-order valence-electron chi connectivity index (χ2n) is 5.41. The molecule has 1 aromatic carbocycles. The van der Waals surface area contributed by atoms with E-state index in [4.69, 9.17) is 5.73 Å². The number of imide groups is 1. The van der Waals surface area contributed by atoms with Crippen LogP contribution in [0.1, 0.15) is 36.6 Å². The van der Waals surface area contributed by atoms with E-state index in [0.29, 0.717) is 5.56 Å². The Hall–Kier alpha value is -3.49. The molecule has 0 aliphatic carbocycles. The van der Waals surface area contributed by atoms with E-state index in [1.807, 2.05) is 5.32 Å². The Labute approximate surface area is 133 Å². The number of nitrogens with zero attached hydrogens (tertiary/aromatic N) is 1. The van der Waals surface area contributed by atoms with Crippen LogP contribution in [0.25, 0.3) is 5.69 Å². The Kier molecular flexibility index (Phi) is 2.65. The number of nitrogens with two attached hydrogens (primary N) is 1. The molecule has 0 spiro atoms. The Morgan fingerprint density at radius 2 is 1.75 bits per heavy atom. The Morgan fingerprint density at radius 3 is 2.50 bits per heavy atom. The maximum absolute atomic E-state index is 13.9. The lowest BCUT2D eigenvalue weighted by Crippen LogP contribution is -2.25. The number of nitrogens with one attached hydrogen (secondary N) is 2. The van der Waals surface area contributed by atoms with Gasteiger partial charge in [-0.1, -0.05) is 0 Å². The predicted molar refractivity (Wildman–Crippen MR) is 79.4 cm³/mol. The maximum Gasteiger partial charge on any atom is 0.262 e. The lowest BCUT2D eigenvalue weighted by Gasteiger charge is -2.14. The number of rotatable bonds is 1. The topological polar surface area (TPSA) is 123 Å². The first-order chi connectivity index (χ1) is 11.4. The van der Waals surface area contributed by atoms with Gasteiger partial charge in [-0.15, -0.1) is 0 Å². The van der Waals surface area contributed by atoms with Crippen LogP contribution < -0.4 is 21.9 Å². The van der Waals surface area contributed by atoms with E-state index in [2.05, 4.69) is 5.32 Å². The van der Waals surface area contributed by atoms with Crippen LogP contribution >= 0.6 is 0 Å². The first-order valence-corrected chi connectivity index (χ1v) is 6.90. The van der Waals surface area contributed by atoms with Crippen molar-refractivity contribution in [3.8, 4) is 5.69 Å². The fourth-order valence-electron chi connectivity index (χ4n) is 3.00. The number of nitrogen functional groups attached to an aromatic ring is 1. The molecule has 4 rings (SSSR count). The summed E-state index contributed by atoms with van der Waals surface area (Å²) in [6.45, 7) is 0.0951. The van der Waals surface area contributed by atoms with E-state index in [1.54, 1.807) is 0 Å². The summed E-state index contributed by atoms with van der Waals surface area (Å²) in [5.74, 6) is -2.93. The number of pyridine rings is 1. The molecule has 8 nitrogen and oxygen atoms in total. The standard InChI is InChI=1S/C15H9FN4O4/c16-5-1-6-8(4-18-13(6)22)9(2-5)20-10(21)3-7-11(12(20)17)15(24)19-14(7)23/h1-3H,4,17H2,(H,18,22)(H,19,23,24). The monoisotopic (exact) mass is 328 g/mol. The smallest absolute Gasteiger partial charge is 0.262 e. The van der Waals surface area contributed by atoms with Crippen molar-refractivity contribution < 1.29 is 18.8 Å². The minimum atomic E-state index is -0.733. The molecule has 9 heteroatoms. The number of benzene rings is 1. The summed E-state index contributed by atoms with van der Waals surface area (Å²) in [5.41, 5.74) is 5.49. The molecule has 4 N–H and O–H groups in total. The summed E-state index contributed by atoms with van der Waals surface area (Å²) >= 11 is 0. The molecule has 3 amide bonds. The first-order valence-electron chi connectivity index (χ1n) is 6.90. The molecular formula is C15H9FN4O4. The van der Waals surface area contributed by atoms with Gasteiger partial charge in [-0.05, 0) is 12.1 Å². The zero-order valence-corrected chi connectivity index (χ0v) is 12.0.